The molecule has 0 radical (unpaired) electrons. The standard InChI is InChI=1S/C16H18N2O4/c1-11(2)22-15(19)10-21-14-6-4-12(5-7-14)8-13(9-17)16(20)18-3/h4-8,11H,10H2,1-3H3,(H,18,20)/b13-8-. The largest absolute Gasteiger partial charge is 0.482 e. The van der Waals surface area contributed by atoms with Crippen LogP contribution in [0.25, 0.3) is 6.08 Å². The van der Waals surface area contributed by atoms with Gasteiger partial charge in [-0.15, -0.1) is 0 Å². The lowest BCUT2D eigenvalue weighted by molar-refractivity contribution is -0.149. The minimum Gasteiger partial charge on any atom is -0.482 e. The maximum Gasteiger partial charge on any atom is 0.344 e. The second kappa shape index (κ2) is 8.47. The van der Waals surface area contributed by atoms with E-state index in [0.717, 1.165) is 0 Å². The maximum atomic E-state index is 11.4. The van der Waals surface area contributed by atoms with E-state index in [0.29, 0.717) is 11.3 Å². The Morgan fingerprint density at radius 2 is 1.95 bits per heavy atom. The first kappa shape index (κ1) is 17.2. The molecule has 116 valence electrons. The summed E-state index contributed by atoms with van der Waals surface area (Å²) < 4.78 is 10.2. The summed E-state index contributed by atoms with van der Waals surface area (Å²) in [6, 6.07) is 8.49. The summed E-state index contributed by atoms with van der Waals surface area (Å²) in [5, 5.41) is 11.3. The van der Waals surface area contributed by atoms with E-state index in [1.165, 1.54) is 13.1 Å². The number of carbonyl (C=O) groups is 2. The average molecular weight is 302 g/mol. The van der Waals surface area contributed by atoms with E-state index < -0.39 is 11.9 Å². The van der Waals surface area contributed by atoms with Crippen molar-refractivity contribution in [2.45, 2.75) is 20.0 Å². The molecule has 0 fully saturated rings. The SMILES string of the molecule is CNC(=O)/C(C#N)=C\c1ccc(OCC(=O)OC(C)C)cc1. The molecule has 1 N–H and O–H groups in total. The number of ether oxygens (including phenoxy) is 2. The number of esters is 1. The fourth-order valence-electron chi connectivity index (χ4n) is 1.55. The lowest BCUT2D eigenvalue weighted by atomic mass is 10.1. The minimum atomic E-state index is -0.445. The molecule has 0 heterocycles. The molecule has 6 nitrogen and oxygen atoms in total. The molecule has 1 aromatic carbocycles. The van der Waals surface area contributed by atoms with Crippen LogP contribution in [-0.2, 0) is 14.3 Å². The summed E-state index contributed by atoms with van der Waals surface area (Å²) in [5.74, 6) is -0.388. The third-order valence-electron chi connectivity index (χ3n) is 2.51. The predicted molar refractivity (Wildman–Crippen MR) is 80.8 cm³/mol. The smallest absolute Gasteiger partial charge is 0.344 e. The van der Waals surface area contributed by atoms with Gasteiger partial charge in [-0.2, -0.15) is 5.26 Å². The number of hydrogen-bond donors (Lipinski definition) is 1. The van der Waals surface area contributed by atoms with Gasteiger partial charge in [-0.25, -0.2) is 4.79 Å². The number of likely N-dealkylation sites (N-methyl/N-ethyl adjacent to an activating group) is 1. The molecule has 0 unspecified atom stereocenters. The highest BCUT2D eigenvalue weighted by Crippen LogP contribution is 2.14. The highest BCUT2D eigenvalue weighted by Gasteiger charge is 2.08. The first-order chi connectivity index (χ1) is 10.5. The molecule has 1 aromatic rings. The number of rotatable bonds is 6. The zero-order valence-corrected chi connectivity index (χ0v) is 12.8. The molecule has 0 atom stereocenters. The van der Waals surface area contributed by atoms with Gasteiger partial charge in [0.05, 0.1) is 6.10 Å². The number of benzene rings is 1. The van der Waals surface area contributed by atoms with Crippen molar-refractivity contribution in [2.24, 2.45) is 0 Å². The van der Waals surface area contributed by atoms with Crippen molar-refractivity contribution in [1.82, 2.24) is 5.32 Å². The van der Waals surface area contributed by atoms with Gasteiger partial charge in [-0.05, 0) is 37.6 Å². The summed E-state index contributed by atoms with van der Waals surface area (Å²) >= 11 is 0. The lowest BCUT2D eigenvalue weighted by Gasteiger charge is -2.09. The zero-order chi connectivity index (χ0) is 16.5. The second-order valence-corrected chi connectivity index (χ2v) is 4.65. The molecule has 0 aromatic heterocycles. The number of carbonyl (C=O) groups excluding carboxylic acids is 2. The molecule has 0 aliphatic carbocycles. The van der Waals surface area contributed by atoms with Crippen LogP contribution in [0.4, 0.5) is 0 Å². The average Bonchev–Trinajstić information content (AvgIpc) is 2.50. The predicted octanol–water partition coefficient (Wildman–Crippen LogP) is 1.67. The molecular weight excluding hydrogens is 284 g/mol. The van der Waals surface area contributed by atoms with E-state index in [9.17, 15) is 9.59 Å². The van der Waals surface area contributed by atoms with Gasteiger partial charge in [0.2, 0.25) is 0 Å². The Labute approximate surface area is 129 Å². The molecule has 6 heteroatoms. The van der Waals surface area contributed by atoms with Crippen molar-refractivity contribution in [3.8, 4) is 11.8 Å². The molecule has 1 rings (SSSR count). The fourth-order valence-corrected chi connectivity index (χ4v) is 1.55. The minimum absolute atomic E-state index is 0.0108. The Balaban J connectivity index is 2.67. The Hall–Kier alpha value is -2.81. The maximum absolute atomic E-state index is 11.4. The van der Waals surface area contributed by atoms with Gasteiger partial charge in [0.15, 0.2) is 6.61 Å². The van der Waals surface area contributed by atoms with E-state index in [1.54, 1.807) is 38.1 Å². The Morgan fingerprint density at radius 3 is 2.45 bits per heavy atom. The number of nitriles is 1. The van der Waals surface area contributed by atoms with E-state index in [4.69, 9.17) is 14.7 Å². The number of nitrogens with zero attached hydrogens (tertiary/aromatic N) is 1. The Kier molecular flexibility index (Phi) is 6.64. The van der Waals surface area contributed by atoms with E-state index >= 15 is 0 Å². The molecule has 1 amide bonds. The van der Waals surface area contributed by atoms with Crippen molar-refractivity contribution in [2.75, 3.05) is 13.7 Å². The number of nitrogens with one attached hydrogen (secondary N) is 1. The molecule has 0 bridgehead atoms. The van der Waals surface area contributed by atoms with E-state index in [2.05, 4.69) is 5.32 Å². The summed E-state index contributed by atoms with van der Waals surface area (Å²) in [4.78, 5) is 22.8. The van der Waals surface area contributed by atoms with Gasteiger partial charge in [0, 0.05) is 7.05 Å². The van der Waals surface area contributed by atoms with Crippen LogP contribution >= 0.6 is 0 Å². The molecular formula is C16H18N2O4. The van der Waals surface area contributed by atoms with Crippen LogP contribution in [0.1, 0.15) is 19.4 Å². The summed E-state index contributed by atoms with van der Waals surface area (Å²) in [7, 11) is 1.46. The van der Waals surface area contributed by atoms with Gasteiger partial charge in [-0.3, -0.25) is 4.79 Å². The van der Waals surface area contributed by atoms with Crippen molar-refractivity contribution in [3.05, 3.63) is 35.4 Å². The number of amides is 1. The highest BCUT2D eigenvalue weighted by molar-refractivity contribution is 6.01. The lowest BCUT2D eigenvalue weighted by Crippen LogP contribution is -2.19. The fraction of sp³-hybridized carbons (Fsp3) is 0.312. The third-order valence-corrected chi connectivity index (χ3v) is 2.51. The molecule has 0 saturated carbocycles. The van der Waals surface area contributed by atoms with Crippen LogP contribution in [0.2, 0.25) is 0 Å². The van der Waals surface area contributed by atoms with Gasteiger partial charge in [-0.1, -0.05) is 12.1 Å². The highest BCUT2D eigenvalue weighted by atomic mass is 16.6. The summed E-state index contributed by atoms with van der Waals surface area (Å²) in [5.41, 5.74) is 0.689. The monoisotopic (exact) mass is 302 g/mol. The van der Waals surface area contributed by atoms with Crippen LogP contribution in [0.3, 0.4) is 0 Å². The van der Waals surface area contributed by atoms with Crippen LogP contribution < -0.4 is 10.1 Å². The normalized spacial score (nSPS) is 10.8. The summed E-state index contributed by atoms with van der Waals surface area (Å²) in [6.45, 7) is 3.35. The van der Waals surface area contributed by atoms with E-state index in [1.807, 2.05) is 6.07 Å². The first-order valence-electron chi connectivity index (χ1n) is 6.72. The topological polar surface area (TPSA) is 88.4 Å². The summed E-state index contributed by atoms with van der Waals surface area (Å²) in [6.07, 6.45) is 1.29. The molecule has 22 heavy (non-hydrogen) atoms. The molecule has 0 spiro atoms. The molecule has 0 aliphatic rings. The van der Waals surface area contributed by atoms with Crippen molar-refractivity contribution in [3.63, 3.8) is 0 Å². The molecule has 0 saturated heterocycles. The van der Waals surface area contributed by atoms with Crippen molar-refractivity contribution in [1.29, 1.82) is 5.26 Å². The van der Waals surface area contributed by atoms with Gasteiger partial charge >= 0.3 is 5.97 Å². The van der Waals surface area contributed by atoms with Crippen LogP contribution in [-0.4, -0.2) is 31.6 Å². The third kappa shape index (κ3) is 5.67. The van der Waals surface area contributed by atoms with E-state index in [-0.39, 0.29) is 18.3 Å². The van der Waals surface area contributed by atoms with Crippen LogP contribution in [0, 0.1) is 11.3 Å². The van der Waals surface area contributed by atoms with Gasteiger partial charge < -0.3 is 14.8 Å². The Bertz CT molecular complexity index is 598. The van der Waals surface area contributed by atoms with Gasteiger partial charge in [0.25, 0.3) is 5.91 Å². The second-order valence-electron chi connectivity index (χ2n) is 4.65. The Morgan fingerprint density at radius 1 is 1.32 bits per heavy atom. The quantitative estimate of drug-likeness (QED) is 0.490. The first-order valence-corrected chi connectivity index (χ1v) is 6.72. The molecule has 0 aliphatic heterocycles. The van der Waals surface area contributed by atoms with Crippen molar-refractivity contribution < 1.29 is 19.1 Å². The van der Waals surface area contributed by atoms with Crippen LogP contribution in [0.15, 0.2) is 29.8 Å². The van der Waals surface area contributed by atoms with Gasteiger partial charge in [0.1, 0.15) is 17.4 Å². The zero-order valence-electron chi connectivity index (χ0n) is 12.8. The number of hydrogen-bond acceptors (Lipinski definition) is 5. The van der Waals surface area contributed by atoms with Crippen molar-refractivity contribution >= 4 is 18.0 Å². The van der Waals surface area contributed by atoms with Crippen LogP contribution in [0.5, 0.6) is 5.75 Å².